The highest BCUT2D eigenvalue weighted by molar-refractivity contribution is 5.50. The summed E-state index contributed by atoms with van der Waals surface area (Å²) in [7, 11) is 0. The standard InChI is InChI=1S/C22H28N2O4/c1-3-26-19-11-16-7-10-24-21(18(16)12-20(19)27-4-2)17(13-25)14-28-22(24)15-5-8-23-9-6-15/h5-6,8-9,11-12,17,21-22,25H,3-4,7,10,13-14H2,1-2H3. The van der Waals surface area contributed by atoms with Crippen LogP contribution in [0, 0.1) is 5.92 Å². The zero-order chi connectivity index (χ0) is 19.5. The first-order valence-electron chi connectivity index (χ1n) is 10.1. The summed E-state index contributed by atoms with van der Waals surface area (Å²) in [5.41, 5.74) is 3.57. The van der Waals surface area contributed by atoms with Crippen molar-refractivity contribution in [3.63, 3.8) is 0 Å². The fourth-order valence-electron chi connectivity index (χ4n) is 4.37. The van der Waals surface area contributed by atoms with Crippen molar-refractivity contribution in [2.45, 2.75) is 32.5 Å². The van der Waals surface area contributed by atoms with Crippen LogP contribution in [-0.4, -0.2) is 48.0 Å². The Kier molecular flexibility index (Phi) is 5.80. The molecule has 0 radical (unpaired) electrons. The van der Waals surface area contributed by atoms with Crippen LogP contribution < -0.4 is 9.47 Å². The Morgan fingerprint density at radius 1 is 1.14 bits per heavy atom. The van der Waals surface area contributed by atoms with E-state index in [-0.39, 0.29) is 24.8 Å². The van der Waals surface area contributed by atoms with Gasteiger partial charge in [0.2, 0.25) is 0 Å². The summed E-state index contributed by atoms with van der Waals surface area (Å²) in [5, 5.41) is 10.1. The van der Waals surface area contributed by atoms with Gasteiger partial charge in [0.1, 0.15) is 6.23 Å². The van der Waals surface area contributed by atoms with Gasteiger partial charge in [-0.2, -0.15) is 0 Å². The fraction of sp³-hybridized carbons (Fsp3) is 0.500. The summed E-state index contributed by atoms with van der Waals surface area (Å²) in [4.78, 5) is 6.49. The van der Waals surface area contributed by atoms with Gasteiger partial charge >= 0.3 is 0 Å². The molecule has 1 aromatic heterocycles. The van der Waals surface area contributed by atoms with E-state index in [1.807, 2.05) is 26.0 Å². The van der Waals surface area contributed by atoms with Crippen molar-refractivity contribution in [2.24, 2.45) is 5.92 Å². The predicted octanol–water partition coefficient (Wildman–Crippen LogP) is 3.12. The molecule has 2 aromatic rings. The molecule has 3 atom stereocenters. The first kappa shape index (κ1) is 19.2. The first-order valence-corrected chi connectivity index (χ1v) is 10.1. The molecule has 2 aliphatic rings. The largest absolute Gasteiger partial charge is 0.490 e. The molecule has 3 heterocycles. The van der Waals surface area contributed by atoms with E-state index in [1.54, 1.807) is 12.4 Å². The van der Waals surface area contributed by atoms with Gasteiger partial charge in [-0.15, -0.1) is 0 Å². The van der Waals surface area contributed by atoms with Gasteiger partial charge in [-0.1, -0.05) is 0 Å². The van der Waals surface area contributed by atoms with Crippen LogP contribution in [-0.2, 0) is 11.2 Å². The molecular weight excluding hydrogens is 356 g/mol. The summed E-state index contributed by atoms with van der Waals surface area (Å²) < 4.78 is 17.9. The number of aliphatic hydroxyl groups is 1. The Hall–Kier alpha value is -2.15. The minimum atomic E-state index is -0.133. The highest BCUT2D eigenvalue weighted by Crippen LogP contribution is 2.47. The van der Waals surface area contributed by atoms with Gasteiger partial charge in [0.15, 0.2) is 11.5 Å². The smallest absolute Gasteiger partial charge is 0.161 e. The third-order valence-electron chi connectivity index (χ3n) is 5.56. The number of fused-ring (bicyclic) bond motifs is 3. The minimum absolute atomic E-state index is 0.0181. The van der Waals surface area contributed by atoms with Crippen LogP contribution in [0.3, 0.4) is 0 Å². The second-order valence-corrected chi connectivity index (χ2v) is 7.21. The molecule has 0 aliphatic carbocycles. The number of ether oxygens (including phenoxy) is 3. The summed E-state index contributed by atoms with van der Waals surface area (Å²) in [6.07, 6.45) is 4.36. The van der Waals surface area contributed by atoms with Gasteiger partial charge < -0.3 is 19.3 Å². The average molecular weight is 384 g/mol. The summed E-state index contributed by atoms with van der Waals surface area (Å²) in [5.74, 6) is 1.59. The van der Waals surface area contributed by atoms with E-state index in [1.165, 1.54) is 11.1 Å². The van der Waals surface area contributed by atoms with E-state index < -0.39 is 0 Å². The van der Waals surface area contributed by atoms with Gasteiger partial charge in [0.05, 0.1) is 19.8 Å². The maximum absolute atomic E-state index is 10.1. The molecule has 0 amide bonds. The van der Waals surface area contributed by atoms with Crippen LogP contribution in [0.4, 0.5) is 0 Å². The first-order chi connectivity index (χ1) is 13.8. The Bertz CT molecular complexity index is 799. The van der Waals surface area contributed by atoms with Crippen LogP contribution in [0.5, 0.6) is 11.5 Å². The normalized spacial score (nSPS) is 24.3. The average Bonchev–Trinajstić information content (AvgIpc) is 2.74. The van der Waals surface area contributed by atoms with E-state index in [0.717, 1.165) is 30.0 Å². The number of aromatic nitrogens is 1. The minimum Gasteiger partial charge on any atom is -0.490 e. The molecule has 6 heteroatoms. The lowest BCUT2D eigenvalue weighted by atomic mass is 9.83. The molecule has 2 aliphatic heterocycles. The summed E-state index contributed by atoms with van der Waals surface area (Å²) in [6.45, 7) is 6.61. The zero-order valence-corrected chi connectivity index (χ0v) is 16.5. The molecule has 1 N–H and O–H groups in total. The van der Waals surface area contributed by atoms with Gasteiger partial charge in [-0.05, 0) is 61.2 Å². The van der Waals surface area contributed by atoms with E-state index >= 15 is 0 Å². The Morgan fingerprint density at radius 3 is 2.54 bits per heavy atom. The number of hydrogen-bond acceptors (Lipinski definition) is 6. The molecule has 1 fully saturated rings. The second kappa shape index (κ2) is 8.47. The SMILES string of the molecule is CCOc1cc2c(cc1OCC)C1C(CO)COC(c3ccncc3)N1CC2. The van der Waals surface area contributed by atoms with Gasteiger partial charge in [-0.3, -0.25) is 9.88 Å². The second-order valence-electron chi connectivity index (χ2n) is 7.21. The van der Waals surface area contributed by atoms with Crippen molar-refractivity contribution in [3.8, 4) is 11.5 Å². The van der Waals surface area contributed by atoms with Crippen molar-refractivity contribution >= 4 is 0 Å². The molecule has 0 bridgehead atoms. The number of aliphatic hydroxyl groups excluding tert-OH is 1. The van der Waals surface area contributed by atoms with Gasteiger partial charge in [0.25, 0.3) is 0 Å². The van der Waals surface area contributed by atoms with Crippen LogP contribution >= 0.6 is 0 Å². The molecule has 0 saturated carbocycles. The van der Waals surface area contributed by atoms with Crippen molar-refractivity contribution in [1.29, 1.82) is 0 Å². The molecule has 6 nitrogen and oxygen atoms in total. The number of benzene rings is 1. The molecule has 4 rings (SSSR count). The molecule has 1 saturated heterocycles. The van der Waals surface area contributed by atoms with Crippen LogP contribution in [0.1, 0.15) is 42.8 Å². The van der Waals surface area contributed by atoms with Crippen LogP contribution in [0.25, 0.3) is 0 Å². The lowest BCUT2D eigenvalue weighted by Gasteiger charge is -2.49. The topological polar surface area (TPSA) is 64.0 Å². The fourth-order valence-corrected chi connectivity index (χ4v) is 4.37. The lowest BCUT2D eigenvalue weighted by Crippen LogP contribution is -2.48. The Morgan fingerprint density at radius 2 is 1.86 bits per heavy atom. The monoisotopic (exact) mass is 384 g/mol. The van der Waals surface area contributed by atoms with Crippen LogP contribution in [0.15, 0.2) is 36.7 Å². The maximum atomic E-state index is 10.1. The third-order valence-corrected chi connectivity index (χ3v) is 5.56. The summed E-state index contributed by atoms with van der Waals surface area (Å²) in [6, 6.07) is 8.31. The lowest BCUT2D eigenvalue weighted by molar-refractivity contribution is -0.166. The van der Waals surface area contributed by atoms with Crippen LogP contribution in [0.2, 0.25) is 0 Å². The van der Waals surface area contributed by atoms with Crippen molar-refractivity contribution in [3.05, 3.63) is 53.3 Å². The maximum Gasteiger partial charge on any atom is 0.161 e. The van der Waals surface area contributed by atoms with Crippen molar-refractivity contribution in [2.75, 3.05) is 33.0 Å². The number of pyridine rings is 1. The van der Waals surface area contributed by atoms with Crippen molar-refractivity contribution < 1.29 is 19.3 Å². The Balaban J connectivity index is 1.75. The zero-order valence-electron chi connectivity index (χ0n) is 16.5. The summed E-state index contributed by atoms with van der Waals surface area (Å²) >= 11 is 0. The molecule has 3 unspecified atom stereocenters. The van der Waals surface area contributed by atoms with E-state index in [0.29, 0.717) is 19.8 Å². The highest BCUT2D eigenvalue weighted by Gasteiger charge is 2.42. The molecular formula is C22H28N2O4. The number of hydrogen-bond donors (Lipinski definition) is 1. The molecule has 150 valence electrons. The Labute approximate surface area is 166 Å². The van der Waals surface area contributed by atoms with Gasteiger partial charge in [-0.25, -0.2) is 0 Å². The number of rotatable bonds is 6. The van der Waals surface area contributed by atoms with E-state index in [2.05, 4.69) is 22.0 Å². The number of nitrogens with zero attached hydrogens (tertiary/aromatic N) is 2. The quantitative estimate of drug-likeness (QED) is 0.826. The van der Waals surface area contributed by atoms with E-state index in [4.69, 9.17) is 14.2 Å². The molecule has 0 spiro atoms. The van der Waals surface area contributed by atoms with Crippen molar-refractivity contribution in [1.82, 2.24) is 9.88 Å². The molecule has 28 heavy (non-hydrogen) atoms. The predicted molar refractivity (Wildman–Crippen MR) is 105 cm³/mol. The van der Waals surface area contributed by atoms with Gasteiger partial charge in [0, 0.05) is 37.5 Å². The highest BCUT2D eigenvalue weighted by atomic mass is 16.5. The third kappa shape index (κ3) is 3.48. The molecule has 1 aromatic carbocycles. The van der Waals surface area contributed by atoms with E-state index in [9.17, 15) is 5.11 Å².